The predicted molar refractivity (Wildman–Crippen MR) is 112 cm³/mol. The van der Waals surface area contributed by atoms with E-state index >= 15 is 0 Å². The molecule has 32 heavy (non-hydrogen) atoms. The largest absolute Gasteiger partial charge is 0.496 e. The summed E-state index contributed by atoms with van der Waals surface area (Å²) in [5, 5.41) is 0.388. The van der Waals surface area contributed by atoms with Gasteiger partial charge in [0.25, 0.3) is 0 Å². The fourth-order valence-electron chi connectivity index (χ4n) is 2.99. The molecule has 4 aromatic rings. The van der Waals surface area contributed by atoms with Gasteiger partial charge in [-0.15, -0.1) is 0 Å². The molecule has 0 amide bonds. The van der Waals surface area contributed by atoms with Gasteiger partial charge in [-0.05, 0) is 30.3 Å². The molecule has 0 aliphatic heterocycles. The Morgan fingerprint density at radius 2 is 1.84 bits per heavy atom. The molecule has 1 N–H and O–H groups in total. The number of alkyl halides is 3. The number of ether oxygens (including phenoxy) is 2. The second-order valence-corrected chi connectivity index (χ2v) is 7.13. The van der Waals surface area contributed by atoms with Crippen LogP contribution in [0.25, 0.3) is 22.6 Å². The average Bonchev–Trinajstić information content (AvgIpc) is 3.27. The Kier molecular flexibility index (Phi) is 6.00. The van der Waals surface area contributed by atoms with Gasteiger partial charge in [0.1, 0.15) is 29.1 Å². The van der Waals surface area contributed by atoms with Crippen LogP contribution in [0.2, 0.25) is 5.15 Å². The predicted octanol–water partition coefficient (Wildman–Crippen LogP) is 5.79. The molecular weight excluding hydrogens is 445 g/mol. The first-order chi connectivity index (χ1) is 15.3. The summed E-state index contributed by atoms with van der Waals surface area (Å²) in [6.45, 7) is -0.0722. The number of halogens is 4. The lowest BCUT2D eigenvalue weighted by Gasteiger charge is -2.12. The maximum atomic E-state index is 12.8. The van der Waals surface area contributed by atoms with E-state index in [9.17, 15) is 13.2 Å². The molecule has 0 saturated carbocycles. The molecule has 0 spiro atoms. The Balaban J connectivity index is 1.52. The third kappa shape index (κ3) is 4.83. The number of hydrogen-bond acceptors (Lipinski definition) is 5. The van der Waals surface area contributed by atoms with E-state index in [1.807, 2.05) is 0 Å². The zero-order valence-electron chi connectivity index (χ0n) is 16.7. The lowest BCUT2D eigenvalue weighted by molar-refractivity contribution is -0.137. The molecule has 3 heterocycles. The normalized spacial score (nSPS) is 11.4. The van der Waals surface area contributed by atoms with Gasteiger partial charge in [-0.25, -0.2) is 9.97 Å². The van der Waals surface area contributed by atoms with Crippen molar-refractivity contribution in [3.8, 4) is 34.1 Å². The van der Waals surface area contributed by atoms with Crippen LogP contribution in [-0.2, 0) is 12.8 Å². The van der Waals surface area contributed by atoms with Gasteiger partial charge in [-0.3, -0.25) is 4.98 Å². The van der Waals surface area contributed by atoms with Crippen molar-refractivity contribution >= 4 is 11.6 Å². The van der Waals surface area contributed by atoms with Gasteiger partial charge in [0, 0.05) is 41.3 Å². The van der Waals surface area contributed by atoms with Gasteiger partial charge in [0.05, 0.1) is 24.6 Å². The topological polar surface area (TPSA) is 72.9 Å². The summed E-state index contributed by atoms with van der Waals surface area (Å²) >= 11 is 5.82. The summed E-state index contributed by atoms with van der Waals surface area (Å²) in [7, 11) is 1.51. The smallest absolute Gasteiger partial charge is 0.417 e. The van der Waals surface area contributed by atoms with Crippen LogP contribution in [0, 0.1) is 0 Å². The van der Waals surface area contributed by atoms with Crippen LogP contribution in [-0.4, -0.2) is 27.0 Å². The number of aromatic nitrogens is 4. The molecule has 0 fully saturated rings. The summed E-state index contributed by atoms with van der Waals surface area (Å²) in [5.74, 6) is 1.56. The van der Waals surface area contributed by atoms with Crippen molar-refractivity contribution in [3.63, 3.8) is 0 Å². The lowest BCUT2D eigenvalue weighted by atomic mass is 10.1. The first-order valence-electron chi connectivity index (χ1n) is 9.33. The van der Waals surface area contributed by atoms with E-state index < -0.39 is 11.7 Å². The van der Waals surface area contributed by atoms with Gasteiger partial charge < -0.3 is 14.5 Å². The number of aromatic amines is 1. The van der Waals surface area contributed by atoms with Crippen molar-refractivity contribution in [2.45, 2.75) is 12.8 Å². The summed E-state index contributed by atoms with van der Waals surface area (Å²) in [6, 6.07) is 9.61. The molecule has 6 nitrogen and oxygen atoms in total. The number of rotatable bonds is 6. The molecule has 164 valence electrons. The number of pyridine rings is 2. The fraction of sp³-hybridized carbons (Fsp3) is 0.136. The second kappa shape index (κ2) is 8.88. The minimum absolute atomic E-state index is 0.0722. The molecule has 10 heteroatoms. The molecule has 0 saturated heterocycles. The van der Waals surface area contributed by atoms with Crippen LogP contribution in [0.1, 0.15) is 11.1 Å². The number of benzene rings is 1. The van der Waals surface area contributed by atoms with Crippen LogP contribution in [0.3, 0.4) is 0 Å². The number of methoxy groups -OCH3 is 1. The van der Waals surface area contributed by atoms with Crippen molar-refractivity contribution in [1.82, 2.24) is 19.9 Å². The highest BCUT2D eigenvalue weighted by atomic mass is 35.5. The van der Waals surface area contributed by atoms with E-state index in [2.05, 4.69) is 19.9 Å². The highest BCUT2D eigenvalue weighted by Gasteiger charge is 2.31. The van der Waals surface area contributed by atoms with E-state index in [-0.39, 0.29) is 6.61 Å². The number of nitrogens with one attached hydrogen (secondary N) is 1. The Labute approximate surface area is 186 Å². The van der Waals surface area contributed by atoms with Crippen molar-refractivity contribution in [2.75, 3.05) is 7.11 Å². The van der Waals surface area contributed by atoms with Crippen LogP contribution < -0.4 is 9.47 Å². The minimum atomic E-state index is -4.46. The molecule has 0 bridgehead atoms. The zero-order chi connectivity index (χ0) is 22.7. The van der Waals surface area contributed by atoms with E-state index in [1.165, 1.54) is 13.3 Å². The second-order valence-electron chi connectivity index (χ2n) is 6.75. The Bertz CT molecular complexity index is 1230. The van der Waals surface area contributed by atoms with E-state index in [0.29, 0.717) is 33.7 Å². The van der Waals surface area contributed by atoms with Crippen molar-refractivity contribution < 1.29 is 22.6 Å². The Hall–Kier alpha value is -3.59. The van der Waals surface area contributed by atoms with Crippen LogP contribution in [0.15, 0.2) is 61.2 Å². The Morgan fingerprint density at radius 3 is 2.56 bits per heavy atom. The molecule has 0 unspecified atom stereocenters. The summed E-state index contributed by atoms with van der Waals surface area (Å²) < 4.78 is 49.7. The van der Waals surface area contributed by atoms with Crippen LogP contribution in [0.5, 0.6) is 11.5 Å². The molecule has 3 aromatic heterocycles. The maximum absolute atomic E-state index is 12.8. The molecule has 1 aromatic carbocycles. The molecule has 0 aliphatic carbocycles. The summed E-state index contributed by atoms with van der Waals surface area (Å²) in [5.41, 5.74) is 1.70. The SMILES string of the molecule is COc1cc(OCc2cncc(C(F)(F)F)c2)ccc1-c1cnc(-c2ccc(Cl)nc2)[nH]1. The average molecular weight is 461 g/mol. The first-order valence-corrected chi connectivity index (χ1v) is 9.70. The maximum Gasteiger partial charge on any atom is 0.417 e. The first kappa shape index (κ1) is 21.6. The highest BCUT2D eigenvalue weighted by molar-refractivity contribution is 6.29. The third-order valence-corrected chi connectivity index (χ3v) is 4.79. The van der Waals surface area contributed by atoms with E-state index in [4.69, 9.17) is 21.1 Å². The summed E-state index contributed by atoms with van der Waals surface area (Å²) in [6.07, 6.45) is 0.927. The van der Waals surface area contributed by atoms with E-state index in [1.54, 1.807) is 42.7 Å². The zero-order valence-corrected chi connectivity index (χ0v) is 17.4. The monoisotopic (exact) mass is 460 g/mol. The van der Waals surface area contributed by atoms with Gasteiger partial charge in [-0.1, -0.05) is 11.6 Å². The van der Waals surface area contributed by atoms with Gasteiger partial charge in [0.15, 0.2) is 0 Å². The number of hydrogen-bond donors (Lipinski definition) is 1. The van der Waals surface area contributed by atoms with E-state index in [0.717, 1.165) is 23.4 Å². The molecule has 0 radical (unpaired) electrons. The molecule has 4 rings (SSSR count). The van der Waals surface area contributed by atoms with Gasteiger partial charge in [0.2, 0.25) is 0 Å². The minimum Gasteiger partial charge on any atom is -0.496 e. The van der Waals surface area contributed by atoms with Crippen molar-refractivity contribution in [1.29, 1.82) is 0 Å². The summed E-state index contributed by atoms with van der Waals surface area (Å²) in [4.78, 5) is 15.3. The molecular formula is C22H16ClF3N4O2. The molecule has 0 aliphatic rings. The quantitative estimate of drug-likeness (QED) is 0.368. The number of nitrogens with zero attached hydrogens (tertiary/aromatic N) is 3. The lowest BCUT2D eigenvalue weighted by Crippen LogP contribution is -2.07. The third-order valence-electron chi connectivity index (χ3n) is 4.57. The van der Waals surface area contributed by atoms with Gasteiger partial charge >= 0.3 is 6.18 Å². The Morgan fingerprint density at radius 1 is 1.00 bits per heavy atom. The van der Waals surface area contributed by atoms with Gasteiger partial charge in [-0.2, -0.15) is 13.2 Å². The fourth-order valence-corrected chi connectivity index (χ4v) is 3.10. The van der Waals surface area contributed by atoms with Crippen LogP contribution in [0.4, 0.5) is 13.2 Å². The van der Waals surface area contributed by atoms with Crippen molar-refractivity contribution in [2.24, 2.45) is 0 Å². The highest BCUT2D eigenvalue weighted by Crippen LogP contribution is 2.34. The molecule has 0 atom stereocenters. The van der Waals surface area contributed by atoms with Crippen molar-refractivity contribution in [3.05, 3.63) is 77.5 Å². The number of imidazole rings is 1. The standard InChI is InChI=1S/C22H16ClF3N4O2/c1-31-19-7-16(32-12-13-6-15(10-27-8-13)22(24,25)26)3-4-17(19)18-11-29-21(30-18)14-2-5-20(23)28-9-14/h2-11H,12H2,1H3,(H,29,30). The van der Waals surface area contributed by atoms with Crippen LogP contribution >= 0.6 is 11.6 Å². The number of H-pyrrole nitrogens is 1.